The predicted molar refractivity (Wildman–Crippen MR) is 88.7 cm³/mol. The molecule has 2 heterocycles. The molecular formula is C17H25NO2S. The average Bonchev–Trinajstić information content (AvgIpc) is 3.02. The van der Waals surface area contributed by atoms with Crippen LogP contribution in [0.3, 0.4) is 0 Å². The summed E-state index contributed by atoms with van der Waals surface area (Å²) >= 11 is 1.99. The Kier molecular flexibility index (Phi) is 5.31. The minimum absolute atomic E-state index is 0.331. The fourth-order valence-corrected chi connectivity index (χ4v) is 4.17. The number of thioether (sulfide) groups is 1. The minimum Gasteiger partial charge on any atom is -0.493 e. The highest BCUT2D eigenvalue weighted by Gasteiger charge is 2.19. The number of methoxy groups -OCH3 is 1. The van der Waals surface area contributed by atoms with Gasteiger partial charge in [-0.15, -0.1) is 0 Å². The molecule has 0 aromatic heterocycles. The topological polar surface area (TPSA) is 30.5 Å². The zero-order chi connectivity index (χ0) is 14.5. The first-order valence-corrected chi connectivity index (χ1v) is 9.15. The normalized spacial score (nSPS) is 25.8. The number of ether oxygens (including phenoxy) is 2. The van der Waals surface area contributed by atoms with Gasteiger partial charge in [-0.25, -0.2) is 0 Å². The van der Waals surface area contributed by atoms with E-state index in [1.165, 1.54) is 30.6 Å². The van der Waals surface area contributed by atoms with E-state index in [0.717, 1.165) is 36.6 Å². The van der Waals surface area contributed by atoms with Crippen LogP contribution in [0.25, 0.3) is 0 Å². The minimum atomic E-state index is 0.331. The quantitative estimate of drug-likeness (QED) is 0.904. The summed E-state index contributed by atoms with van der Waals surface area (Å²) < 4.78 is 11.7. The first-order chi connectivity index (χ1) is 10.3. The Labute approximate surface area is 131 Å². The number of nitrogens with one attached hydrogen (secondary N) is 1. The number of hydrogen-bond acceptors (Lipinski definition) is 4. The fraction of sp³-hybridized carbons (Fsp3) is 0.647. The molecule has 116 valence electrons. The SMILES string of the molecule is COc1ccc(CC2CCCN2)cc1OC1CCCSC1. The molecule has 0 bridgehead atoms. The van der Waals surface area contributed by atoms with E-state index in [9.17, 15) is 0 Å². The Bertz CT molecular complexity index is 454. The molecule has 3 rings (SSSR count). The van der Waals surface area contributed by atoms with Crippen molar-refractivity contribution in [2.24, 2.45) is 0 Å². The zero-order valence-electron chi connectivity index (χ0n) is 12.8. The molecule has 0 spiro atoms. The Hall–Kier alpha value is -0.870. The molecule has 0 radical (unpaired) electrons. The number of hydrogen-bond donors (Lipinski definition) is 1. The highest BCUT2D eigenvalue weighted by molar-refractivity contribution is 7.99. The second kappa shape index (κ2) is 7.41. The lowest BCUT2D eigenvalue weighted by atomic mass is 10.0. The molecule has 2 saturated heterocycles. The van der Waals surface area contributed by atoms with Gasteiger partial charge < -0.3 is 14.8 Å². The summed E-state index contributed by atoms with van der Waals surface area (Å²) in [5.41, 5.74) is 1.34. The van der Waals surface area contributed by atoms with Gasteiger partial charge in [0.1, 0.15) is 6.10 Å². The van der Waals surface area contributed by atoms with E-state index in [1.54, 1.807) is 7.11 Å². The fourth-order valence-electron chi connectivity index (χ4n) is 3.14. The van der Waals surface area contributed by atoms with Crippen LogP contribution in [0, 0.1) is 0 Å². The van der Waals surface area contributed by atoms with Crippen LogP contribution in [-0.2, 0) is 6.42 Å². The predicted octanol–water partition coefficient (Wildman–Crippen LogP) is 3.26. The van der Waals surface area contributed by atoms with Gasteiger partial charge in [-0.05, 0) is 62.1 Å². The van der Waals surface area contributed by atoms with Gasteiger partial charge >= 0.3 is 0 Å². The van der Waals surface area contributed by atoms with E-state index >= 15 is 0 Å². The summed E-state index contributed by atoms with van der Waals surface area (Å²) in [4.78, 5) is 0. The average molecular weight is 307 g/mol. The largest absolute Gasteiger partial charge is 0.493 e. The summed E-state index contributed by atoms with van der Waals surface area (Å²) in [6.45, 7) is 1.16. The maximum absolute atomic E-state index is 6.22. The van der Waals surface area contributed by atoms with Crippen LogP contribution >= 0.6 is 11.8 Å². The lowest BCUT2D eigenvalue weighted by Gasteiger charge is -2.24. The summed E-state index contributed by atoms with van der Waals surface area (Å²) in [6, 6.07) is 7.02. The lowest BCUT2D eigenvalue weighted by Crippen LogP contribution is -2.24. The molecule has 1 aromatic carbocycles. The summed E-state index contributed by atoms with van der Waals surface area (Å²) in [5, 5.41) is 3.56. The molecule has 0 aliphatic carbocycles. The van der Waals surface area contributed by atoms with Crippen LogP contribution in [0.2, 0.25) is 0 Å². The van der Waals surface area contributed by atoms with E-state index < -0.39 is 0 Å². The molecule has 2 aliphatic heterocycles. The maximum atomic E-state index is 6.22. The van der Waals surface area contributed by atoms with Crippen molar-refractivity contribution in [3.8, 4) is 11.5 Å². The van der Waals surface area contributed by atoms with E-state index in [2.05, 4.69) is 23.5 Å². The van der Waals surface area contributed by atoms with Gasteiger partial charge in [0.25, 0.3) is 0 Å². The molecule has 2 aliphatic rings. The number of rotatable bonds is 5. The first-order valence-electron chi connectivity index (χ1n) is 8.00. The van der Waals surface area contributed by atoms with Crippen LogP contribution in [0.15, 0.2) is 18.2 Å². The van der Waals surface area contributed by atoms with Crippen molar-refractivity contribution in [2.75, 3.05) is 25.2 Å². The molecule has 3 nitrogen and oxygen atoms in total. The van der Waals surface area contributed by atoms with E-state index in [1.807, 2.05) is 11.8 Å². The van der Waals surface area contributed by atoms with Crippen LogP contribution < -0.4 is 14.8 Å². The van der Waals surface area contributed by atoms with Crippen molar-refractivity contribution in [1.82, 2.24) is 5.32 Å². The monoisotopic (exact) mass is 307 g/mol. The highest BCUT2D eigenvalue weighted by Crippen LogP contribution is 2.32. The Morgan fingerprint density at radius 1 is 1.24 bits per heavy atom. The summed E-state index contributed by atoms with van der Waals surface area (Å²) in [5.74, 6) is 4.14. The molecule has 2 fully saturated rings. The number of benzene rings is 1. The molecule has 0 amide bonds. The van der Waals surface area contributed by atoms with Crippen molar-refractivity contribution in [2.45, 2.75) is 44.2 Å². The van der Waals surface area contributed by atoms with E-state index in [4.69, 9.17) is 9.47 Å². The standard InChI is InChI=1S/C17H25NO2S/c1-19-16-7-6-13(10-14-4-2-8-18-14)11-17(16)20-15-5-3-9-21-12-15/h6-7,11,14-15,18H,2-5,8-10,12H2,1H3. The third-order valence-electron chi connectivity index (χ3n) is 4.28. The second-order valence-corrected chi connectivity index (χ2v) is 7.09. The summed E-state index contributed by atoms with van der Waals surface area (Å²) in [7, 11) is 1.72. The highest BCUT2D eigenvalue weighted by atomic mass is 32.2. The van der Waals surface area contributed by atoms with Crippen molar-refractivity contribution in [3.05, 3.63) is 23.8 Å². The van der Waals surface area contributed by atoms with Crippen LogP contribution in [0.4, 0.5) is 0 Å². The van der Waals surface area contributed by atoms with Crippen LogP contribution in [-0.4, -0.2) is 37.3 Å². The third-order valence-corrected chi connectivity index (χ3v) is 5.47. The first kappa shape index (κ1) is 15.0. The van der Waals surface area contributed by atoms with Crippen molar-refractivity contribution >= 4 is 11.8 Å². The zero-order valence-corrected chi connectivity index (χ0v) is 13.6. The Morgan fingerprint density at radius 3 is 2.90 bits per heavy atom. The molecule has 1 aromatic rings. The maximum Gasteiger partial charge on any atom is 0.161 e. The molecule has 2 atom stereocenters. The Morgan fingerprint density at radius 2 is 2.19 bits per heavy atom. The smallest absolute Gasteiger partial charge is 0.161 e. The van der Waals surface area contributed by atoms with Crippen LogP contribution in [0.5, 0.6) is 11.5 Å². The molecule has 0 saturated carbocycles. The van der Waals surface area contributed by atoms with Gasteiger partial charge in [-0.3, -0.25) is 0 Å². The molecule has 1 N–H and O–H groups in total. The Balaban J connectivity index is 1.69. The van der Waals surface area contributed by atoms with Crippen LogP contribution in [0.1, 0.15) is 31.2 Å². The van der Waals surface area contributed by atoms with E-state index in [-0.39, 0.29) is 0 Å². The summed E-state index contributed by atoms with van der Waals surface area (Å²) in [6.07, 6.45) is 6.40. The van der Waals surface area contributed by atoms with Crippen molar-refractivity contribution < 1.29 is 9.47 Å². The molecule has 4 heteroatoms. The molecule has 2 unspecified atom stereocenters. The van der Waals surface area contributed by atoms with Gasteiger partial charge in [0.15, 0.2) is 11.5 Å². The second-order valence-electron chi connectivity index (χ2n) is 5.94. The van der Waals surface area contributed by atoms with E-state index in [0.29, 0.717) is 12.1 Å². The van der Waals surface area contributed by atoms with Crippen molar-refractivity contribution in [1.29, 1.82) is 0 Å². The molecule has 21 heavy (non-hydrogen) atoms. The van der Waals surface area contributed by atoms with Gasteiger partial charge in [0.2, 0.25) is 0 Å². The third kappa shape index (κ3) is 4.07. The van der Waals surface area contributed by atoms with Gasteiger partial charge in [0, 0.05) is 11.8 Å². The van der Waals surface area contributed by atoms with Gasteiger partial charge in [-0.1, -0.05) is 6.07 Å². The van der Waals surface area contributed by atoms with Crippen molar-refractivity contribution in [3.63, 3.8) is 0 Å². The molecular weight excluding hydrogens is 282 g/mol. The van der Waals surface area contributed by atoms with Gasteiger partial charge in [0.05, 0.1) is 7.11 Å². The lowest BCUT2D eigenvalue weighted by molar-refractivity contribution is 0.202. The van der Waals surface area contributed by atoms with Gasteiger partial charge in [-0.2, -0.15) is 11.8 Å².